The first-order chi connectivity index (χ1) is 8.25. The number of amides is 2. The smallest absolute Gasteiger partial charge is 0.275 e. The van der Waals surface area contributed by atoms with Crippen molar-refractivity contribution < 1.29 is 9.59 Å². The molecule has 6 nitrogen and oxygen atoms in total. The first-order valence-corrected chi connectivity index (χ1v) is 6.35. The van der Waals surface area contributed by atoms with E-state index in [0.717, 1.165) is 24.6 Å². The van der Waals surface area contributed by atoms with Crippen molar-refractivity contribution in [2.45, 2.75) is 18.9 Å². The van der Waals surface area contributed by atoms with Crippen molar-refractivity contribution in [3.05, 3.63) is 11.9 Å². The van der Waals surface area contributed by atoms with Gasteiger partial charge in [0.25, 0.3) is 5.91 Å². The van der Waals surface area contributed by atoms with E-state index in [-0.39, 0.29) is 18.4 Å². The summed E-state index contributed by atoms with van der Waals surface area (Å²) >= 11 is 1.01. The molecule has 0 bridgehead atoms. The fraction of sp³-hybridized carbons (Fsp3) is 0.600. The number of aromatic nitrogens is 2. The zero-order valence-electron chi connectivity index (χ0n) is 9.20. The third-order valence-corrected chi connectivity index (χ3v) is 3.59. The first kappa shape index (κ1) is 10.6. The summed E-state index contributed by atoms with van der Waals surface area (Å²) in [5, 5.41) is 0. The Bertz CT molecular complexity index is 443. The zero-order valence-corrected chi connectivity index (χ0v) is 10.0. The second-order valence-electron chi connectivity index (χ2n) is 4.34. The van der Waals surface area contributed by atoms with Crippen LogP contribution in [0, 0.1) is 0 Å². The molecule has 1 aromatic heterocycles. The molecule has 2 fully saturated rings. The molecule has 0 aromatic carbocycles. The molecule has 2 heterocycles. The van der Waals surface area contributed by atoms with Gasteiger partial charge in [-0.05, 0) is 12.8 Å². The Balaban J connectivity index is 1.67. The van der Waals surface area contributed by atoms with Crippen LogP contribution in [-0.2, 0) is 4.79 Å². The third-order valence-electron chi connectivity index (χ3n) is 3.11. The minimum Gasteiger partial charge on any atom is -0.336 e. The highest BCUT2D eigenvalue weighted by molar-refractivity contribution is 6.99. The highest BCUT2D eigenvalue weighted by Gasteiger charge is 2.37. The predicted octanol–water partition coefficient (Wildman–Crippen LogP) is -0.0151. The van der Waals surface area contributed by atoms with E-state index in [0.29, 0.717) is 24.8 Å². The Labute approximate surface area is 103 Å². The molecule has 0 radical (unpaired) electrons. The maximum atomic E-state index is 12.0. The molecule has 1 aliphatic heterocycles. The van der Waals surface area contributed by atoms with E-state index in [1.54, 1.807) is 4.90 Å². The van der Waals surface area contributed by atoms with Crippen LogP contribution in [0.1, 0.15) is 23.3 Å². The summed E-state index contributed by atoms with van der Waals surface area (Å²) in [6, 6.07) is 0.431. The Morgan fingerprint density at radius 1 is 1.41 bits per heavy atom. The van der Waals surface area contributed by atoms with Crippen molar-refractivity contribution in [3.63, 3.8) is 0 Å². The number of carbonyl (C=O) groups is 2. The van der Waals surface area contributed by atoms with Crippen molar-refractivity contribution in [3.8, 4) is 0 Å². The molecular weight excluding hydrogens is 240 g/mol. The Morgan fingerprint density at radius 2 is 2.24 bits per heavy atom. The van der Waals surface area contributed by atoms with E-state index in [9.17, 15) is 9.59 Å². The van der Waals surface area contributed by atoms with E-state index in [4.69, 9.17) is 0 Å². The molecule has 2 aliphatic rings. The molecule has 1 aromatic rings. The second kappa shape index (κ2) is 4.06. The fourth-order valence-electron chi connectivity index (χ4n) is 2.05. The molecular formula is C10H12N4O2S. The Hall–Kier alpha value is -1.50. The highest BCUT2D eigenvalue weighted by atomic mass is 32.1. The maximum absolute atomic E-state index is 12.0. The van der Waals surface area contributed by atoms with Crippen LogP contribution in [0.15, 0.2) is 6.20 Å². The van der Waals surface area contributed by atoms with Crippen molar-refractivity contribution in [1.29, 1.82) is 0 Å². The van der Waals surface area contributed by atoms with Crippen LogP contribution >= 0.6 is 11.7 Å². The number of carbonyl (C=O) groups excluding carboxylic acids is 2. The van der Waals surface area contributed by atoms with Gasteiger partial charge in [0.2, 0.25) is 5.91 Å². The Kier molecular flexibility index (Phi) is 2.54. The van der Waals surface area contributed by atoms with Crippen LogP contribution < -0.4 is 0 Å². The standard InChI is InChI=1S/C10H12N4O2S/c15-9-6-13(3-4-14(9)7-1-2-7)10(16)8-5-11-17-12-8/h5,7H,1-4,6H2. The van der Waals surface area contributed by atoms with Crippen molar-refractivity contribution in [1.82, 2.24) is 18.5 Å². The van der Waals surface area contributed by atoms with Crippen molar-refractivity contribution in [2.24, 2.45) is 0 Å². The summed E-state index contributed by atoms with van der Waals surface area (Å²) in [6.07, 6.45) is 3.66. The maximum Gasteiger partial charge on any atom is 0.275 e. The molecule has 3 rings (SSSR count). The summed E-state index contributed by atoms with van der Waals surface area (Å²) in [5.41, 5.74) is 0.336. The average Bonchev–Trinajstić information content (AvgIpc) is 3.02. The van der Waals surface area contributed by atoms with Crippen molar-refractivity contribution in [2.75, 3.05) is 19.6 Å². The largest absolute Gasteiger partial charge is 0.336 e. The molecule has 1 saturated heterocycles. The zero-order chi connectivity index (χ0) is 11.8. The predicted molar refractivity (Wildman–Crippen MR) is 60.5 cm³/mol. The number of rotatable bonds is 2. The van der Waals surface area contributed by atoms with Crippen LogP contribution in [0.2, 0.25) is 0 Å². The summed E-state index contributed by atoms with van der Waals surface area (Å²) in [4.78, 5) is 27.3. The molecule has 7 heteroatoms. The van der Waals surface area contributed by atoms with Gasteiger partial charge in [0, 0.05) is 19.1 Å². The van der Waals surface area contributed by atoms with E-state index in [2.05, 4.69) is 8.75 Å². The Morgan fingerprint density at radius 3 is 2.82 bits per heavy atom. The SMILES string of the molecule is O=C(c1cnsn1)N1CCN(C2CC2)C(=O)C1. The van der Waals surface area contributed by atoms with Gasteiger partial charge in [-0.3, -0.25) is 9.59 Å². The third kappa shape index (κ3) is 2.02. The summed E-state index contributed by atoms with van der Waals surface area (Å²) in [6.45, 7) is 1.41. The normalized spacial score (nSPS) is 20.8. The van der Waals surface area contributed by atoms with E-state index in [1.165, 1.54) is 6.20 Å². The van der Waals surface area contributed by atoms with Crippen LogP contribution in [0.25, 0.3) is 0 Å². The molecule has 90 valence electrons. The lowest BCUT2D eigenvalue weighted by atomic mass is 10.2. The molecule has 0 atom stereocenters. The second-order valence-corrected chi connectivity index (χ2v) is 4.89. The lowest BCUT2D eigenvalue weighted by Gasteiger charge is -2.34. The van der Waals surface area contributed by atoms with Gasteiger partial charge in [0.05, 0.1) is 17.9 Å². The molecule has 2 amide bonds. The lowest BCUT2D eigenvalue weighted by molar-refractivity contribution is -0.135. The molecule has 1 saturated carbocycles. The number of hydrogen-bond donors (Lipinski definition) is 0. The minimum atomic E-state index is -0.192. The number of hydrogen-bond acceptors (Lipinski definition) is 5. The molecule has 0 spiro atoms. The van der Waals surface area contributed by atoms with Crippen molar-refractivity contribution >= 4 is 23.5 Å². The van der Waals surface area contributed by atoms with Gasteiger partial charge in [0.1, 0.15) is 6.54 Å². The quantitative estimate of drug-likeness (QED) is 0.742. The molecule has 1 aliphatic carbocycles. The minimum absolute atomic E-state index is 0.0512. The lowest BCUT2D eigenvalue weighted by Crippen LogP contribution is -2.52. The fourth-order valence-corrected chi connectivity index (χ4v) is 2.46. The van der Waals surface area contributed by atoms with E-state index in [1.807, 2.05) is 4.90 Å². The van der Waals surface area contributed by atoms with Gasteiger partial charge >= 0.3 is 0 Å². The van der Waals surface area contributed by atoms with Crippen LogP contribution in [0.4, 0.5) is 0 Å². The van der Waals surface area contributed by atoms with E-state index < -0.39 is 0 Å². The number of piperazine rings is 1. The molecule has 0 unspecified atom stereocenters. The highest BCUT2D eigenvalue weighted by Crippen LogP contribution is 2.28. The van der Waals surface area contributed by atoms with Crippen LogP contribution in [0.5, 0.6) is 0 Å². The van der Waals surface area contributed by atoms with Crippen LogP contribution in [0.3, 0.4) is 0 Å². The van der Waals surface area contributed by atoms with Gasteiger partial charge in [-0.1, -0.05) is 0 Å². The average molecular weight is 252 g/mol. The first-order valence-electron chi connectivity index (χ1n) is 5.62. The van der Waals surface area contributed by atoms with Gasteiger partial charge in [-0.15, -0.1) is 0 Å². The van der Waals surface area contributed by atoms with Gasteiger partial charge < -0.3 is 9.80 Å². The van der Waals surface area contributed by atoms with Gasteiger partial charge in [0.15, 0.2) is 5.69 Å². The van der Waals surface area contributed by atoms with Gasteiger partial charge in [-0.2, -0.15) is 8.75 Å². The summed E-state index contributed by atoms with van der Waals surface area (Å²) < 4.78 is 7.70. The summed E-state index contributed by atoms with van der Waals surface area (Å²) in [5.74, 6) is -0.141. The van der Waals surface area contributed by atoms with E-state index >= 15 is 0 Å². The van der Waals surface area contributed by atoms with Crippen LogP contribution in [-0.4, -0.2) is 56.0 Å². The summed E-state index contributed by atoms with van der Waals surface area (Å²) in [7, 11) is 0. The van der Waals surface area contributed by atoms with Gasteiger partial charge in [-0.25, -0.2) is 0 Å². The molecule has 0 N–H and O–H groups in total. The monoisotopic (exact) mass is 252 g/mol. The topological polar surface area (TPSA) is 66.4 Å². The molecule has 17 heavy (non-hydrogen) atoms. The number of nitrogens with zero attached hydrogens (tertiary/aromatic N) is 4.